The number of rotatable bonds is 7. The van der Waals surface area contributed by atoms with Crippen LogP contribution in [0.5, 0.6) is 0 Å². The first kappa shape index (κ1) is 22.3. The van der Waals surface area contributed by atoms with E-state index < -0.39 is 16.0 Å². The summed E-state index contributed by atoms with van der Waals surface area (Å²) in [5.74, 6) is -1.14. The molecule has 1 amide bonds. The quantitative estimate of drug-likeness (QED) is 0.624. The van der Waals surface area contributed by atoms with Crippen LogP contribution >= 0.6 is 11.8 Å². The molecule has 1 saturated heterocycles. The molecule has 2 heterocycles. The van der Waals surface area contributed by atoms with E-state index in [2.05, 4.69) is 10.3 Å². The fourth-order valence-corrected chi connectivity index (χ4v) is 5.61. The van der Waals surface area contributed by atoms with Crippen molar-refractivity contribution in [2.75, 3.05) is 24.2 Å². The van der Waals surface area contributed by atoms with Gasteiger partial charge in [0.25, 0.3) is 0 Å². The lowest BCUT2D eigenvalue weighted by Crippen LogP contribution is -2.39. The number of benzene rings is 1. The molecular formula is C20H23N3O5S2. The number of carbonyl (C=O) groups excluding carboxylic acids is 1. The lowest BCUT2D eigenvalue weighted by atomic mass is 10.0. The number of piperidine rings is 1. The average Bonchev–Trinajstić information content (AvgIpc) is 2.73. The molecule has 160 valence electrons. The highest BCUT2D eigenvalue weighted by molar-refractivity contribution is 8.00. The number of carboxylic acids is 1. The smallest absolute Gasteiger partial charge is 0.338 e. The summed E-state index contributed by atoms with van der Waals surface area (Å²) >= 11 is 1.02. The summed E-state index contributed by atoms with van der Waals surface area (Å²) in [5, 5.41) is 12.1. The third-order valence-electron chi connectivity index (χ3n) is 4.74. The minimum Gasteiger partial charge on any atom is -0.478 e. The van der Waals surface area contributed by atoms with Crippen LogP contribution in [-0.4, -0.2) is 53.5 Å². The third kappa shape index (κ3) is 5.38. The summed E-state index contributed by atoms with van der Waals surface area (Å²) in [4.78, 5) is 27.6. The Morgan fingerprint density at radius 1 is 1.27 bits per heavy atom. The topological polar surface area (TPSA) is 117 Å². The summed E-state index contributed by atoms with van der Waals surface area (Å²) in [7, 11) is -3.55. The molecule has 8 nitrogen and oxygen atoms in total. The van der Waals surface area contributed by atoms with E-state index in [-0.39, 0.29) is 27.1 Å². The van der Waals surface area contributed by atoms with Gasteiger partial charge in [-0.05, 0) is 55.2 Å². The summed E-state index contributed by atoms with van der Waals surface area (Å²) in [5.41, 5.74) is 0.503. The second-order valence-electron chi connectivity index (χ2n) is 7.13. The number of sulfonamides is 1. The van der Waals surface area contributed by atoms with Gasteiger partial charge in [-0.25, -0.2) is 18.2 Å². The van der Waals surface area contributed by atoms with Crippen molar-refractivity contribution in [3.05, 3.63) is 48.2 Å². The molecule has 0 bridgehead atoms. The number of anilines is 1. The molecule has 1 aliphatic rings. The molecule has 1 aromatic heterocycles. The zero-order valence-corrected chi connectivity index (χ0v) is 18.1. The molecule has 1 unspecified atom stereocenters. The molecule has 1 fully saturated rings. The molecule has 1 aromatic carbocycles. The Kier molecular flexibility index (Phi) is 7.11. The zero-order valence-electron chi connectivity index (χ0n) is 16.4. The van der Waals surface area contributed by atoms with Crippen molar-refractivity contribution in [1.82, 2.24) is 9.29 Å². The van der Waals surface area contributed by atoms with Crippen molar-refractivity contribution >= 4 is 39.3 Å². The number of hydrogen-bond acceptors (Lipinski definition) is 6. The second kappa shape index (κ2) is 9.59. The molecule has 1 atom stereocenters. The van der Waals surface area contributed by atoms with Crippen LogP contribution in [0.3, 0.4) is 0 Å². The van der Waals surface area contributed by atoms with E-state index in [0.29, 0.717) is 24.7 Å². The van der Waals surface area contributed by atoms with Gasteiger partial charge in [-0.1, -0.05) is 18.7 Å². The van der Waals surface area contributed by atoms with Gasteiger partial charge in [-0.3, -0.25) is 4.79 Å². The van der Waals surface area contributed by atoms with Gasteiger partial charge in [0.2, 0.25) is 15.9 Å². The third-order valence-corrected chi connectivity index (χ3v) is 7.62. The monoisotopic (exact) mass is 449 g/mol. The highest BCUT2D eigenvalue weighted by Gasteiger charge is 2.28. The largest absolute Gasteiger partial charge is 0.478 e. The second-order valence-corrected chi connectivity index (χ2v) is 10.0. The maximum atomic E-state index is 12.8. The van der Waals surface area contributed by atoms with E-state index in [0.717, 1.165) is 24.6 Å². The van der Waals surface area contributed by atoms with Gasteiger partial charge < -0.3 is 10.4 Å². The van der Waals surface area contributed by atoms with E-state index in [1.807, 2.05) is 6.92 Å². The molecule has 10 heteroatoms. The molecular weight excluding hydrogens is 426 g/mol. The van der Waals surface area contributed by atoms with Crippen LogP contribution in [0.15, 0.2) is 52.5 Å². The number of nitrogens with zero attached hydrogens (tertiary/aromatic N) is 2. The Bertz CT molecular complexity index is 1020. The van der Waals surface area contributed by atoms with Crippen molar-refractivity contribution < 1.29 is 23.1 Å². The normalized spacial score (nSPS) is 17.4. The molecule has 0 radical (unpaired) electrons. The molecule has 2 aromatic rings. The van der Waals surface area contributed by atoms with Gasteiger partial charge in [0.1, 0.15) is 5.03 Å². The number of thioether (sulfide) groups is 1. The zero-order chi connectivity index (χ0) is 21.7. The minimum atomic E-state index is -3.55. The first-order valence-corrected chi connectivity index (χ1v) is 11.9. The van der Waals surface area contributed by atoms with E-state index in [1.54, 1.807) is 12.1 Å². The number of aromatic nitrogens is 1. The predicted molar refractivity (Wildman–Crippen MR) is 114 cm³/mol. The molecule has 0 aliphatic carbocycles. The number of hydrogen-bond donors (Lipinski definition) is 2. The predicted octanol–water partition coefficient (Wildman–Crippen LogP) is 2.93. The van der Waals surface area contributed by atoms with Crippen molar-refractivity contribution in [3.8, 4) is 0 Å². The maximum Gasteiger partial charge on any atom is 0.338 e. The van der Waals surface area contributed by atoms with E-state index >= 15 is 0 Å². The number of pyridine rings is 1. The van der Waals surface area contributed by atoms with Gasteiger partial charge in [-0.2, -0.15) is 4.31 Å². The van der Waals surface area contributed by atoms with Gasteiger partial charge in [0.05, 0.1) is 16.2 Å². The molecule has 2 N–H and O–H groups in total. The van der Waals surface area contributed by atoms with Crippen LogP contribution in [0.1, 0.15) is 30.1 Å². The van der Waals surface area contributed by atoms with E-state index in [9.17, 15) is 18.0 Å². The lowest BCUT2D eigenvalue weighted by Gasteiger charge is -2.30. The number of amides is 1. The summed E-state index contributed by atoms with van der Waals surface area (Å²) in [6, 6.07) is 9.02. The lowest BCUT2D eigenvalue weighted by molar-refractivity contribution is -0.113. The molecule has 3 rings (SSSR count). The first-order chi connectivity index (χ1) is 14.3. The van der Waals surface area contributed by atoms with Crippen molar-refractivity contribution in [2.45, 2.75) is 29.7 Å². The summed E-state index contributed by atoms with van der Waals surface area (Å²) in [6.45, 7) is 3.08. The van der Waals surface area contributed by atoms with Crippen molar-refractivity contribution in [3.63, 3.8) is 0 Å². The maximum absolute atomic E-state index is 12.8. The molecule has 0 saturated carbocycles. The van der Waals surface area contributed by atoms with Crippen LogP contribution in [0.4, 0.5) is 5.69 Å². The Hall–Kier alpha value is -2.43. The van der Waals surface area contributed by atoms with Gasteiger partial charge in [-0.15, -0.1) is 0 Å². The Balaban J connectivity index is 1.60. The fraction of sp³-hybridized carbons (Fsp3) is 0.350. The number of aromatic carboxylic acids is 1. The van der Waals surface area contributed by atoms with Gasteiger partial charge in [0, 0.05) is 25.0 Å². The minimum absolute atomic E-state index is 0.0248. The standard InChI is InChI=1S/C20H23N3O5S2/c1-14-4-3-11-23(12-14)30(27,28)16-8-6-15(7-9-16)22-18(24)13-29-19-17(20(25)26)5-2-10-21-19/h2,5-10,14H,3-4,11-13H2,1H3,(H,22,24)(H,25,26). The number of carbonyl (C=O) groups is 2. The Morgan fingerprint density at radius 2 is 2.00 bits per heavy atom. The number of nitrogens with one attached hydrogen (secondary N) is 1. The van der Waals surface area contributed by atoms with Crippen LogP contribution in [-0.2, 0) is 14.8 Å². The van der Waals surface area contributed by atoms with Crippen LogP contribution < -0.4 is 5.32 Å². The van der Waals surface area contributed by atoms with Crippen molar-refractivity contribution in [1.29, 1.82) is 0 Å². The summed E-state index contributed by atoms with van der Waals surface area (Å²) in [6.07, 6.45) is 3.35. The number of carboxylic acid groups (broad SMARTS) is 1. The van der Waals surface area contributed by atoms with Crippen LogP contribution in [0, 0.1) is 5.92 Å². The molecule has 1 aliphatic heterocycles. The average molecular weight is 450 g/mol. The van der Waals surface area contributed by atoms with Gasteiger partial charge >= 0.3 is 5.97 Å². The van der Waals surface area contributed by atoms with Gasteiger partial charge in [0.15, 0.2) is 0 Å². The van der Waals surface area contributed by atoms with E-state index in [1.165, 1.54) is 34.8 Å². The Morgan fingerprint density at radius 3 is 2.67 bits per heavy atom. The first-order valence-electron chi connectivity index (χ1n) is 9.48. The van der Waals surface area contributed by atoms with E-state index in [4.69, 9.17) is 5.11 Å². The van der Waals surface area contributed by atoms with Crippen LogP contribution in [0.2, 0.25) is 0 Å². The highest BCUT2D eigenvalue weighted by atomic mass is 32.2. The molecule has 30 heavy (non-hydrogen) atoms. The highest BCUT2D eigenvalue weighted by Crippen LogP contribution is 2.25. The Labute approximate surface area is 179 Å². The molecule has 0 spiro atoms. The van der Waals surface area contributed by atoms with Crippen molar-refractivity contribution in [2.24, 2.45) is 5.92 Å². The summed E-state index contributed by atoms with van der Waals surface area (Å²) < 4.78 is 27.1. The van der Waals surface area contributed by atoms with Crippen LogP contribution in [0.25, 0.3) is 0 Å². The fourth-order valence-electron chi connectivity index (χ4n) is 3.22. The SMILES string of the molecule is CC1CCCN(S(=O)(=O)c2ccc(NC(=O)CSc3ncccc3C(=O)O)cc2)C1.